The predicted molar refractivity (Wildman–Crippen MR) is 59.7 cm³/mol. The van der Waals surface area contributed by atoms with Crippen molar-refractivity contribution in [1.29, 1.82) is 0 Å². The van der Waals surface area contributed by atoms with Crippen LogP contribution in [0.4, 0.5) is 0 Å². The van der Waals surface area contributed by atoms with E-state index in [0.717, 1.165) is 11.3 Å². The Labute approximate surface area is 89.0 Å². The molecule has 0 radical (unpaired) electrons. The fourth-order valence-corrected chi connectivity index (χ4v) is 1.63. The Morgan fingerprint density at radius 3 is 2.67 bits per heavy atom. The van der Waals surface area contributed by atoms with E-state index in [1.54, 1.807) is 10.7 Å². The van der Waals surface area contributed by atoms with Crippen molar-refractivity contribution in [2.75, 3.05) is 0 Å². The van der Waals surface area contributed by atoms with E-state index in [9.17, 15) is 5.11 Å². The lowest BCUT2D eigenvalue weighted by atomic mass is 10.1. The molecule has 0 aliphatic rings. The minimum atomic E-state index is 0.218. The first kappa shape index (κ1) is 9.77. The van der Waals surface area contributed by atoms with Gasteiger partial charge >= 0.3 is 0 Å². The van der Waals surface area contributed by atoms with Crippen LogP contribution in [0.1, 0.15) is 12.5 Å². The number of hydrogen-bond acceptors (Lipinski definition) is 2. The Bertz CT molecular complexity index is 474. The van der Waals surface area contributed by atoms with Gasteiger partial charge in [-0.15, -0.1) is 0 Å². The zero-order valence-corrected chi connectivity index (χ0v) is 8.94. The molecule has 2 aromatic rings. The van der Waals surface area contributed by atoms with Gasteiger partial charge in [0.15, 0.2) is 0 Å². The molecule has 0 saturated carbocycles. The van der Waals surface area contributed by atoms with Gasteiger partial charge in [0.1, 0.15) is 0 Å². The minimum Gasteiger partial charge on any atom is -0.493 e. The molecule has 78 valence electrons. The third kappa shape index (κ3) is 1.73. The van der Waals surface area contributed by atoms with E-state index in [-0.39, 0.29) is 5.88 Å². The monoisotopic (exact) mass is 202 g/mol. The Kier molecular flexibility index (Phi) is 2.46. The molecule has 1 N–H and O–H groups in total. The van der Waals surface area contributed by atoms with Gasteiger partial charge in [0, 0.05) is 18.2 Å². The number of rotatable bonds is 2. The molecule has 0 saturated heterocycles. The first-order chi connectivity index (χ1) is 7.22. The van der Waals surface area contributed by atoms with Crippen LogP contribution in [0.25, 0.3) is 11.3 Å². The van der Waals surface area contributed by atoms with E-state index in [1.165, 1.54) is 5.56 Å². The summed E-state index contributed by atoms with van der Waals surface area (Å²) in [5.74, 6) is 0.218. The molecule has 0 aliphatic carbocycles. The summed E-state index contributed by atoms with van der Waals surface area (Å²) in [6.07, 6.45) is 0. The lowest BCUT2D eigenvalue weighted by Gasteiger charge is -2.00. The minimum absolute atomic E-state index is 0.218. The van der Waals surface area contributed by atoms with Crippen LogP contribution in [0.3, 0.4) is 0 Å². The van der Waals surface area contributed by atoms with Crippen LogP contribution in [0, 0.1) is 6.92 Å². The van der Waals surface area contributed by atoms with Gasteiger partial charge in [-0.05, 0) is 19.4 Å². The summed E-state index contributed by atoms with van der Waals surface area (Å²) < 4.78 is 1.59. The second-order valence-corrected chi connectivity index (χ2v) is 3.52. The molecule has 1 aromatic carbocycles. The van der Waals surface area contributed by atoms with Crippen molar-refractivity contribution >= 4 is 0 Å². The second-order valence-electron chi connectivity index (χ2n) is 3.52. The largest absolute Gasteiger partial charge is 0.493 e. The molecule has 0 bridgehead atoms. The fraction of sp³-hybridized carbons (Fsp3) is 0.250. The topological polar surface area (TPSA) is 38.0 Å². The highest BCUT2D eigenvalue weighted by Crippen LogP contribution is 2.24. The van der Waals surface area contributed by atoms with Gasteiger partial charge in [-0.25, -0.2) is 4.68 Å². The van der Waals surface area contributed by atoms with Crippen molar-refractivity contribution in [3.63, 3.8) is 0 Å². The zero-order valence-electron chi connectivity index (χ0n) is 8.94. The fourth-order valence-electron chi connectivity index (χ4n) is 1.63. The molecule has 0 amide bonds. The van der Waals surface area contributed by atoms with E-state index in [1.807, 2.05) is 38.1 Å². The van der Waals surface area contributed by atoms with Crippen molar-refractivity contribution in [2.45, 2.75) is 20.4 Å². The molecule has 0 fully saturated rings. The second kappa shape index (κ2) is 3.77. The first-order valence-corrected chi connectivity index (χ1v) is 5.05. The van der Waals surface area contributed by atoms with Gasteiger partial charge in [-0.3, -0.25) is 0 Å². The summed E-state index contributed by atoms with van der Waals surface area (Å²) in [6, 6.07) is 9.72. The van der Waals surface area contributed by atoms with Crippen LogP contribution in [0.2, 0.25) is 0 Å². The average Bonchev–Trinajstić information content (AvgIpc) is 2.60. The molecule has 0 spiro atoms. The number of aromatic nitrogens is 2. The summed E-state index contributed by atoms with van der Waals surface area (Å²) in [7, 11) is 0. The van der Waals surface area contributed by atoms with Gasteiger partial charge in [0.05, 0.1) is 5.69 Å². The number of nitrogens with zero attached hydrogens (tertiary/aromatic N) is 2. The normalized spacial score (nSPS) is 10.5. The standard InChI is InChI=1S/C12H14N2O/c1-3-14-12(15)8-11(13-14)10-7-5-4-6-9(10)2/h4-8,15H,3H2,1-2H3. The SMILES string of the molecule is CCn1nc(-c2ccccc2C)cc1O. The van der Waals surface area contributed by atoms with Crippen molar-refractivity contribution in [3.05, 3.63) is 35.9 Å². The molecule has 1 aromatic heterocycles. The molecular weight excluding hydrogens is 188 g/mol. The molecule has 0 unspecified atom stereocenters. The van der Waals surface area contributed by atoms with Crippen molar-refractivity contribution < 1.29 is 5.11 Å². The van der Waals surface area contributed by atoms with E-state index in [4.69, 9.17) is 0 Å². The predicted octanol–water partition coefficient (Wildman–Crippen LogP) is 2.58. The van der Waals surface area contributed by atoms with Gasteiger partial charge in [0.25, 0.3) is 0 Å². The molecule has 0 aliphatic heterocycles. The number of aromatic hydroxyl groups is 1. The third-order valence-corrected chi connectivity index (χ3v) is 2.48. The van der Waals surface area contributed by atoms with Gasteiger partial charge in [-0.1, -0.05) is 24.3 Å². The summed E-state index contributed by atoms with van der Waals surface area (Å²) in [5.41, 5.74) is 3.06. The van der Waals surface area contributed by atoms with Crippen LogP contribution in [-0.4, -0.2) is 14.9 Å². The smallest absolute Gasteiger partial charge is 0.209 e. The highest BCUT2D eigenvalue weighted by Gasteiger charge is 2.08. The molecule has 0 atom stereocenters. The van der Waals surface area contributed by atoms with Crippen molar-refractivity contribution in [1.82, 2.24) is 9.78 Å². The summed E-state index contributed by atoms with van der Waals surface area (Å²) >= 11 is 0. The van der Waals surface area contributed by atoms with E-state index < -0.39 is 0 Å². The molecule has 3 heteroatoms. The molecule has 1 heterocycles. The maximum atomic E-state index is 9.58. The summed E-state index contributed by atoms with van der Waals surface area (Å²) in [4.78, 5) is 0. The number of aryl methyl sites for hydroxylation is 2. The quantitative estimate of drug-likeness (QED) is 0.812. The molecule has 2 rings (SSSR count). The Morgan fingerprint density at radius 1 is 1.33 bits per heavy atom. The average molecular weight is 202 g/mol. The lowest BCUT2D eigenvalue weighted by Crippen LogP contribution is -1.95. The maximum absolute atomic E-state index is 9.58. The molecular formula is C12H14N2O. The van der Waals surface area contributed by atoms with E-state index in [2.05, 4.69) is 5.10 Å². The van der Waals surface area contributed by atoms with Crippen LogP contribution in [-0.2, 0) is 6.54 Å². The molecule has 15 heavy (non-hydrogen) atoms. The van der Waals surface area contributed by atoms with E-state index >= 15 is 0 Å². The van der Waals surface area contributed by atoms with Crippen LogP contribution in [0.15, 0.2) is 30.3 Å². The highest BCUT2D eigenvalue weighted by atomic mass is 16.3. The third-order valence-electron chi connectivity index (χ3n) is 2.48. The first-order valence-electron chi connectivity index (χ1n) is 5.05. The Morgan fingerprint density at radius 2 is 2.07 bits per heavy atom. The van der Waals surface area contributed by atoms with Gasteiger partial charge in [-0.2, -0.15) is 5.10 Å². The lowest BCUT2D eigenvalue weighted by molar-refractivity contribution is 0.405. The van der Waals surface area contributed by atoms with Gasteiger partial charge in [0.2, 0.25) is 5.88 Å². The van der Waals surface area contributed by atoms with Crippen LogP contribution >= 0.6 is 0 Å². The van der Waals surface area contributed by atoms with E-state index in [0.29, 0.717) is 6.54 Å². The van der Waals surface area contributed by atoms with Crippen LogP contribution in [0.5, 0.6) is 5.88 Å². The number of hydrogen-bond donors (Lipinski definition) is 1. The van der Waals surface area contributed by atoms with Crippen LogP contribution < -0.4 is 0 Å². The van der Waals surface area contributed by atoms with Gasteiger partial charge < -0.3 is 5.11 Å². The Hall–Kier alpha value is -1.77. The highest BCUT2D eigenvalue weighted by molar-refractivity contribution is 5.64. The zero-order chi connectivity index (χ0) is 10.8. The molecule has 3 nitrogen and oxygen atoms in total. The van der Waals surface area contributed by atoms with Crippen molar-refractivity contribution in [3.8, 4) is 17.1 Å². The summed E-state index contributed by atoms with van der Waals surface area (Å²) in [5, 5.41) is 13.9. The van der Waals surface area contributed by atoms with Crippen molar-refractivity contribution in [2.24, 2.45) is 0 Å². The Balaban J connectivity index is 2.50. The summed E-state index contributed by atoms with van der Waals surface area (Å²) in [6.45, 7) is 4.67. The number of benzene rings is 1. The maximum Gasteiger partial charge on any atom is 0.209 e.